The molecule has 4 heteroatoms. The van der Waals surface area contributed by atoms with Gasteiger partial charge in [0.25, 0.3) is 0 Å². The van der Waals surface area contributed by atoms with E-state index in [2.05, 4.69) is 17.2 Å². The number of benzene rings is 2. The molecule has 2 aromatic rings. The Labute approximate surface area is 133 Å². The quantitative estimate of drug-likeness (QED) is 0.690. The number of carbonyl (C=O) groups is 1. The molecule has 21 heavy (non-hydrogen) atoms. The van der Waals surface area contributed by atoms with E-state index in [1.807, 2.05) is 54.6 Å². The smallest absolute Gasteiger partial charge is 0.231 e. The maximum atomic E-state index is 11.7. The number of thioether (sulfide) groups is 1. The number of hydrogen-bond donors (Lipinski definition) is 1. The van der Waals surface area contributed by atoms with E-state index in [4.69, 9.17) is 11.6 Å². The summed E-state index contributed by atoms with van der Waals surface area (Å²) in [5.41, 5.74) is 0.942. The minimum absolute atomic E-state index is 0.0534. The summed E-state index contributed by atoms with van der Waals surface area (Å²) >= 11 is 7.44. The largest absolute Gasteiger partial charge is 0.344 e. The molecular formula is C17H14ClNOS. The van der Waals surface area contributed by atoms with Gasteiger partial charge in [0.2, 0.25) is 5.91 Å². The summed E-state index contributed by atoms with van der Waals surface area (Å²) in [5.74, 6) is 6.19. The zero-order valence-corrected chi connectivity index (χ0v) is 12.9. The standard InChI is InChI=1S/C17H14ClNOS/c18-15-10-4-5-11-16(15)21-13-17(20)19-12-6-9-14-7-2-1-3-8-14/h1-5,7-8,10-11H,12-13H2,(H,19,20). The maximum absolute atomic E-state index is 11.7. The number of hydrogen-bond acceptors (Lipinski definition) is 2. The van der Waals surface area contributed by atoms with Crippen LogP contribution >= 0.6 is 23.4 Å². The highest BCUT2D eigenvalue weighted by atomic mass is 35.5. The van der Waals surface area contributed by atoms with Crippen LogP contribution in [0.25, 0.3) is 0 Å². The van der Waals surface area contributed by atoms with Gasteiger partial charge in [-0.15, -0.1) is 11.8 Å². The average Bonchev–Trinajstić information content (AvgIpc) is 2.52. The summed E-state index contributed by atoms with van der Waals surface area (Å²) in [6.07, 6.45) is 0. The van der Waals surface area contributed by atoms with Crippen LogP contribution in [0.3, 0.4) is 0 Å². The fourth-order valence-electron chi connectivity index (χ4n) is 1.57. The lowest BCUT2D eigenvalue weighted by Crippen LogP contribution is -2.25. The molecule has 2 aromatic carbocycles. The highest BCUT2D eigenvalue weighted by molar-refractivity contribution is 8.00. The van der Waals surface area contributed by atoms with Gasteiger partial charge in [0.05, 0.1) is 17.3 Å². The summed E-state index contributed by atoms with van der Waals surface area (Å²) in [6.45, 7) is 0.344. The van der Waals surface area contributed by atoms with E-state index in [0.29, 0.717) is 17.3 Å². The minimum Gasteiger partial charge on any atom is -0.344 e. The first-order valence-corrected chi connectivity index (χ1v) is 7.80. The van der Waals surface area contributed by atoms with Crippen LogP contribution in [-0.2, 0) is 4.79 Å². The first-order chi connectivity index (χ1) is 10.3. The molecule has 1 N–H and O–H groups in total. The van der Waals surface area contributed by atoms with Gasteiger partial charge in [-0.3, -0.25) is 4.79 Å². The van der Waals surface area contributed by atoms with Crippen molar-refractivity contribution in [1.29, 1.82) is 0 Å². The normalized spacial score (nSPS) is 9.57. The van der Waals surface area contributed by atoms with Crippen molar-refractivity contribution in [2.24, 2.45) is 0 Å². The van der Waals surface area contributed by atoms with E-state index < -0.39 is 0 Å². The summed E-state index contributed by atoms with van der Waals surface area (Å²) < 4.78 is 0. The number of nitrogens with one attached hydrogen (secondary N) is 1. The molecule has 0 bridgehead atoms. The van der Waals surface area contributed by atoms with E-state index in [0.717, 1.165) is 10.5 Å². The van der Waals surface area contributed by atoms with Crippen molar-refractivity contribution >= 4 is 29.3 Å². The fraction of sp³-hybridized carbons (Fsp3) is 0.118. The van der Waals surface area contributed by atoms with Gasteiger partial charge >= 0.3 is 0 Å². The van der Waals surface area contributed by atoms with Crippen molar-refractivity contribution in [3.63, 3.8) is 0 Å². The van der Waals surface area contributed by atoms with Crippen LogP contribution in [-0.4, -0.2) is 18.2 Å². The molecule has 1 amide bonds. The fourth-order valence-corrected chi connectivity index (χ4v) is 2.64. The molecule has 106 valence electrons. The Balaban J connectivity index is 1.74. The van der Waals surface area contributed by atoms with Crippen molar-refractivity contribution in [3.05, 3.63) is 65.2 Å². The molecule has 0 heterocycles. The van der Waals surface area contributed by atoms with Crippen LogP contribution in [0.4, 0.5) is 0 Å². The van der Waals surface area contributed by atoms with Crippen LogP contribution in [0.15, 0.2) is 59.5 Å². The van der Waals surface area contributed by atoms with Crippen LogP contribution in [0.5, 0.6) is 0 Å². The second-order valence-corrected chi connectivity index (χ2v) is 5.59. The predicted octanol–water partition coefficient (Wildman–Crippen LogP) is 3.60. The SMILES string of the molecule is O=C(CSc1ccccc1Cl)NCC#Cc1ccccc1. The summed E-state index contributed by atoms with van der Waals surface area (Å²) in [5, 5.41) is 3.43. The van der Waals surface area contributed by atoms with Gasteiger partial charge in [0, 0.05) is 10.5 Å². The highest BCUT2D eigenvalue weighted by Crippen LogP contribution is 2.26. The van der Waals surface area contributed by atoms with Crippen molar-refractivity contribution in [2.75, 3.05) is 12.3 Å². The van der Waals surface area contributed by atoms with E-state index in [-0.39, 0.29) is 5.91 Å². The van der Waals surface area contributed by atoms with Crippen molar-refractivity contribution < 1.29 is 4.79 Å². The van der Waals surface area contributed by atoms with Crippen LogP contribution in [0, 0.1) is 11.8 Å². The first kappa shape index (κ1) is 15.5. The summed E-state index contributed by atoms with van der Waals surface area (Å²) in [4.78, 5) is 12.6. The molecule has 0 aliphatic heterocycles. The van der Waals surface area contributed by atoms with Crippen LogP contribution in [0.2, 0.25) is 5.02 Å². The van der Waals surface area contributed by atoms with E-state index in [1.165, 1.54) is 11.8 Å². The Bertz CT molecular complexity index is 661. The lowest BCUT2D eigenvalue weighted by molar-refractivity contribution is -0.118. The zero-order valence-electron chi connectivity index (χ0n) is 11.3. The molecule has 0 aliphatic rings. The molecule has 0 spiro atoms. The van der Waals surface area contributed by atoms with E-state index in [1.54, 1.807) is 0 Å². The third-order valence-electron chi connectivity index (χ3n) is 2.58. The van der Waals surface area contributed by atoms with Crippen molar-refractivity contribution in [1.82, 2.24) is 5.32 Å². The van der Waals surface area contributed by atoms with Gasteiger partial charge in [-0.2, -0.15) is 0 Å². The highest BCUT2D eigenvalue weighted by Gasteiger charge is 2.04. The molecule has 0 radical (unpaired) electrons. The molecule has 0 fully saturated rings. The number of amides is 1. The lowest BCUT2D eigenvalue weighted by Gasteiger charge is -2.03. The monoisotopic (exact) mass is 315 g/mol. The van der Waals surface area contributed by atoms with Crippen molar-refractivity contribution in [2.45, 2.75) is 4.90 Å². The van der Waals surface area contributed by atoms with Gasteiger partial charge in [0.15, 0.2) is 0 Å². The maximum Gasteiger partial charge on any atom is 0.231 e. The molecule has 2 nitrogen and oxygen atoms in total. The second-order valence-electron chi connectivity index (χ2n) is 4.16. The van der Waals surface area contributed by atoms with Crippen LogP contribution < -0.4 is 5.32 Å². The minimum atomic E-state index is -0.0534. The van der Waals surface area contributed by atoms with E-state index in [9.17, 15) is 4.79 Å². The molecule has 0 atom stereocenters. The van der Waals surface area contributed by atoms with Crippen LogP contribution in [0.1, 0.15) is 5.56 Å². The van der Waals surface area contributed by atoms with Gasteiger partial charge in [-0.05, 0) is 24.3 Å². The zero-order chi connectivity index (χ0) is 14.9. The molecule has 0 aliphatic carbocycles. The van der Waals surface area contributed by atoms with Crippen molar-refractivity contribution in [3.8, 4) is 11.8 Å². The predicted molar refractivity (Wildman–Crippen MR) is 88.5 cm³/mol. The number of halogens is 1. The van der Waals surface area contributed by atoms with Gasteiger partial charge in [-0.1, -0.05) is 53.8 Å². The Morgan fingerprint density at radius 2 is 1.81 bits per heavy atom. The Hall–Kier alpha value is -1.89. The lowest BCUT2D eigenvalue weighted by atomic mass is 10.2. The topological polar surface area (TPSA) is 29.1 Å². The molecular weight excluding hydrogens is 302 g/mol. The Morgan fingerprint density at radius 3 is 2.57 bits per heavy atom. The molecule has 0 saturated heterocycles. The summed E-state index contributed by atoms with van der Waals surface area (Å²) in [6, 6.07) is 17.2. The third kappa shape index (κ3) is 5.55. The number of carbonyl (C=O) groups excluding carboxylic acids is 1. The molecule has 2 rings (SSSR count). The second kappa shape index (κ2) is 8.41. The Kier molecular flexibility index (Phi) is 6.21. The van der Waals surface area contributed by atoms with E-state index >= 15 is 0 Å². The molecule has 0 saturated carbocycles. The van der Waals surface area contributed by atoms with Gasteiger partial charge < -0.3 is 5.32 Å². The third-order valence-corrected chi connectivity index (χ3v) is 4.09. The average molecular weight is 316 g/mol. The van der Waals surface area contributed by atoms with Gasteiger partial charge in [-0.25, -0.2) is 0 Å². The summed E-state index contributed by atoms with van der Waals surface area (Å²) in [7, 11) is 0. The first-order valence-electron chi connectivity index (χ1n) is 6.43. The van der Waals surface area contributed by atoms with Gasteiger partial charge in [0.1, 0.15) is 0 Å². The number of rotatable bonds is 4. The molecule has 0 unspecified atom stereocenters. The Morgan fingerprint density at radius 1 is 1.10 bits per heavy atom. The molecule has 0 aromatic heterocycles.